The standard InChI is InChI=1S/C40H45N5O3/c1-21-6-8-26(16-21)37-42-34(23-9-10-23)35(43-37)25-11-13-28-27(17-25)20-47-33-19-29-24(18-30(28)33)12-14-31-36(29)44-38(41-31)32-15-7-22(2)45(32)39(46)48-40(3,4)5/h11-14,17-19,21-23,26,32H,6-10,15-16,20H2,1-5H3,(H,41,44)(H,42,43)/t21-,22-,26+,32-/m0/s1. The topological polar surface area (TPSA) is 96.1 Å². The number of H-pyrrole nitrogens is 2. The maximum Gasteiger partial charge on any atom is 0.411 e. The second-order valence-corrected chi connectivity index (χ2v) is 15.9. The van der Waals surface area contributed by atoms with Gasteiger partial charge in [0.1, 0.15) is 29.6 Å². The predicted molar refractivity (Wildman–Crippen MR) is 188 cm³/mol. The number of carbonyl (C=O) groups is 1. The molecular weight excluding hydrogens is 598 g/mol. The minimum atomic E-state index is -0.552. The minimum absolute atomic E-state index is 0.0857. The van der Waals surface area contributed by atoms with Crippen molar-refractivity contribution in [2.45, 2.75) is 116 Å². The highest BCUT2D eigenvalue weighted by atomic mass is 16.6. The van der Waals surface area contributed by atoms with Crippen LogP contribution in [0.2, 0.25) is 0 Å². The summed E-state index contributed by atoms with van der Waals surface area (Å²) >= 11 is 0. The third-order valence-corrected chi connectivity index (χ3v) is 11.0. The van der Waals surface area contributed by atoms with E-state index >= 15 is 0 Å². The van der Waals surface area contributed by atoms with E-state index in [-0.39, 0.29) is 18.2 Å². The van der Waals surface area contributed by atoms with Crippen molar-refractivity contribution < 1.29 is 14.3 Å². The van der Waals surface area contributed by atoms with Crippen LogP contribution in [0.5, 0.6) is 5.75 Å². The van der Waals surface area contributed by atoms with E-state index in [2.05, 4.69) is 66.3 Å². The molecule has 248 valence electrons. The second-order valence-electron chi connectivity index (χ2n) is 15.9. The van der Waals surface area contributed by atoms with Crippen LogP contribution in [0.4, 0.5) is 4.79 Å². The summed E-state index contributed by atoms with van der Waals surface area (Å²) in [6.07, 6.45) is 7.70. The normalized spacial score (nSPS) is 23.8. The van der Waals surface area contributed by atoms with Crippen LogP contribution in [0.1, 0.15) is 120 Å². The van der Waals surface area contributed by atoms with Gasteiger partial charge in [-0.25, -0.2) is 14.8 Å². The number of hydrogen-bond donors (Lipinski definition) is 2. The molecule has 0 bridgehead atoms. The SMILES string of the molecule is C[C@H]1CC[C@@H](c2nc(C3CC3)c(-c3ccc4c(c3)COc3cc5c(ccc6nc([C@@H]7CC[C@H](C)N7C(=O)OC(C)(C)C)[nH]c65)cc3-4)[nH]2)C1. The number of likely N-dealkylation sites (tertiary alicyclic amines) is 1. The molecular formula is C40H45N5O3. The van der Waals surface area contributed by atoms with E-state index in [1.807, 2.05) is 25.7 Å². The molecule has 9 rings (SSSR count). The Balaban J connectivity index is 1.05. The van der Waals surface area contributed by atoms with Gasteiger partial charge in [0, 0.05) is 34.4 Å². The van der Waals surface area contributed by atoms with E-state index in [0.717, 1.165) is 57.7 Å². The van der Waals surface area contributed by atoms with Gasteiger partial charge in [0.15, 0.2) is 0 Å². The molecule has 4 heterocycles. The van der Waals surface area contributed by atoms with Gasteiger partial charge in [-0.1, -0.05) is 25.1 Å². The Morgan fingerprint density at radius 1 is 0.896 bits per heavy atom. The zero-order valence-corrected chi connectivity index (χ0v) is 28.7. The average molecular weight is 644 g/mol. The van der Waals surface area contributed by atoms with Crippen LogP contribution in [0.3, 0.4) is 0 Å². The molecule has 2 saturated carbocycles. The molecule has 1 saturated heterocycles. The molecule has 1 amide bonds. The smallest absolute Gasteiger partial charge is 0.411 e. The van der Waals surface area contributed by atoms with Crippen molar-refractivity contribution in [1.29, 1.82) is 0 Å². The first kappa shape index (κ1) is 29.8. The Morgan fingerprint density at radius 2 is 1.73 bits per heavy atom. The number of nitrogens with zero attached hydrogens (tertiary/aromatic N) is 3. The Bertz CT molecular complexity index is 2080. The summed E-state index contributed by atoms with van der Waals surface area (Å²) in [6.45, 7) is 10.7. The van der Waals surface area contributed by atoms with Crippen molar-refractivity contribution in [1.82, 2.24) is 24.8 Å². The third kappa shape index (κ3) is 5.06. The van der Waals surface area contributed by atoms with Crippen LogP contribution in [0.25, 0.3) is 44.2 Å². The Hall–Kier alpha value is -4.33. The first-order valence-electron chi connectivity index (χ1n) is 17.9. The van der Waals surface area contributed by atoms with Crippen LogP contribution < -0.4 is 4.74 Å². The van der Waals surface area contributed by atoms with E-state index in [9.17, 15) is 4.79 Å². The molecule has 2 aliphatic heterocycles. The fourth-order valence-corrected chi connectivity index (χ4v) is 8.43. The number of ether oxygens (including phenoxy) is 2. The molecule has 2 N–H and O–H groups in total. The van der Waals surface area contributed by atoms with Crippen molar-refractivity contribution in [3.05, 3.63) is 65.4 Å². The Labute approximate surface area is 281 Å². The van der Waals surface area contributed by atoms with Crippen molar-refractivity contribution in [2.24, 2.45) is 5.92 Å². The summed E-state index contributed by atoms with van der Waals surface area (Å²) in [5.41, 5.74) is 8.52. The fourth-order valence-electron chi connectivity index (χ4n) is 8.43. The quantitative estimate of drug-likeness (QED) is 0.203. The molecule has 2 aliphatic carbocycles. The number of imidazole rings is 2. The summed E-state index contributed by atoms with van der Waals surface area (Å²) in [6, 6.07) is 15.4. The summed E-state index contributed by atoms with van der Waals surface area (Å²) < 4.78 is 12.3. The van der Waals surface area contributed by atoms with Gasteiger partial charge in [-0.15, -0.1) is 0 Å². The van der Waals surface area contributed by atoms with Crippen molar-refractivity contribution in [3.63, 3.8) is 0 Å². The first-order valence-corrected chi connectivity index (χ1v) is 17.9. The van der Waals surface area contributed by atoms with E-state index in [4.69, 9.17) is 19.4 Å². The zero-order chi connectivity index (χ0) is 32.9. The summed E-state index contributed by atoms with van der Waals surface area (Å²) in [4.78, 5) is 32.7. The number of benzene rings is 3. The molecule has 5 aromatic rings. The third-order valence-electron chi connectivity index (χ3n) is 11.0. The number of carbonyl (C=O) groups excluding carboxylic acids is 1. The first-order chi connectivity index (χ1) is 23.1. The number of aromatic amines is 2. The molecule has 3 aromatic carbocycles. The average Bonchev–Trinajstić information content (AvgIpc) is 3.37. The highest BCUT2D eigenvalue weighted by Crippen LogP contribution is 2.48. The van der Waals surface area contributed by atoms with Gasteiger partial charge in [0.25, 0.3) is 0 Å². The van der Waals surface area contributed by atoms with Gasteiger partial charge in [0.2, 0.25) is 0 Å². The molecule has 48 heavy (non-hydrogen) atoms. The van der Waals surface area contributed by atoms with Gasteiger partial charge < -0.3 is 19.4 Å². The van der Waals surface area contributed by atoms with E-state index in [1.165, 1.54) is 66.0 Å². The maximum absolute atomic E-state index is 13.2. The molecule has 0 spiro atoms. The highest BCUT2D eigenvalue weighted by Gasteiger charge is 2.40. The van der Waals surface area contributed by atoms with Crippen molar-refractivity contribution in [2.75, 3.05) is 0 Å². The van der Waals surface area contributed by atoms with Crippen LogP contribution in [-0.2, 0) is 11.3 Å². The summed E-state index contributed by atoms with van der Waals surface area (Å²) in [5, 5.41) is 2.20. The molecule has 4 atom stereocenters. The number of aromatic nitrogens is 4. The maximum atomic E-state index is 13.2. The van der Waals surface area contributed by atoms with Crippen LogP contribution in [0, 0.1) is 5.92 Å². The number of amides is 1. The Kier molecular flexibility index (Phi) is 6.73. The molecule has 0 radical (unpaired) electrons. The molecule has 2 aromatic heterocycles. The number of hydrogen-bond acceptors (Lipinski definition) is 5. The second kappa shape index (κ2) is 10.8. The van der Waals surface area contributed by atoms with Gasteiger partial charge in [-0.05, 0) is 119 Å². The number of nitrogens with one attached hydrogen (secondary N) is 2. The predicted octanol–water partition coefficient (Wildman–Crippen LogP) is 9.91. The van der Waals surface area contributed by atoms with Crippen molar-refractivity contribution in [3.8, 4) is 28.1 Å². The summed E-state index contributed by atoms with van der Waals surface area (Å²) in [7, 11) is 0. The van der Waals surface area contributed by atoms with E-state index < -0.39 is 5.60 Å². The lowest BCUT2D eigenvalue weighted by Gasteiger charge is -2.30. The van der Waals surface area contributed by atoms with E-state index in [1.54, 1.807) is 0 Å². The fraction of sp³-hybridized carbons (Fsp3) is 0.475. The largest absolute Gasteiger partial charge is 0.488 e. The number of fused-ring (bicyclic) bond motifs is 6. The molecule has 3 fully saturated rings. The van der Waals surface area contributed by atoms with E-state index in [0.29, 0.717) is 18.4 Å². The van der Waals surface area contributed by atoms with Crippen LogP contribution in [0.15, 0.2) is 42.5 Å². The molecule has 4 aliphatic rings. The highest BCUT2D eigenvalue weighted by molar-refractivity contribution is 6.07. The summed E-state index contributed by atoms with van der Waals surface area (Å²) in [5.74, 6) is 4.79. The monoisotopic (exact) mass is 643 g/mol. The van der Waals surface area contributed by atoms with Crippen LogP contribution in [-0.4, -0.2) is 42.6 Å². The lowest BCUT2D eigenvalue weighted by Crippen LogP contribution is -2.40. The Morgan fingerprint density at radius 3 is 2.50 bits per heavy atom. The van der Waals surface area contributed by atoms with Gasteiger partial charge in [-0.2, -0.15) is 0 Å². The van der Waals surface area contributed by atoms with Gasteiger partial charge in [0.05, 0.1) is 28.5 Å². The molecule has 8 heteroatoms. The minimum Gasteiger partial charge on any atom is -0.488 e. The molecule has 8 nitrogen and oxygen atoms in total. The number of rotatable bonds is 4. The van der Waals surface area contributed by atoms with Gasteiger partial charge in [-0.3, -0.25) is 4.90 Å². The van der Waals surface area contributed by atoms with Crippen molar-refractivity contribution >= 4 is 27.9 Å². The van der Waals surface area contributed by atoms with Gasteiger partial charge >= 0.3 is 6.09 Å². The lowest BCUT2D eigenvalue weighted by molar-refractivity contribution is 0.0152. The van der Waals surface area contributed by atoms with Crippen LogP contribution >= 0.6 is 0 Å². The molecule has 0 unspecified atom stereocenters. The lowest BCUT2D eigenvalue weighted by atomic mass is 9.92. The zero-order valence-electron chi connectivity index (χ0n) is 28.7.